The van der Waals surface area contributed by atoms with Crippen molar-refractivity contribution in [2.45, 2.75) is 0 Å². The number of pyridine rings is 1. The van der Waals surface area contributed by atoms with Gasteiger partial charge in [-0.05, 0) is 35.9 Å². The van der Waals surface area contributed by atoms with Crippen molar-refractivity contribution in [2.24, 2.45) is 0 Å². The third-order valence-electron chi connectivity index (χ3n) is 6.02. The molecule has 41 heavy (non-hydrogen) atoms. The number of rotatable bonds is 7. The molecule has 11 nitrogen and oxygen atoms in total. The van der Waals surface area contributed by atoms with Gasteiger partial charge in [-0.15, -0.1) is 0 Å². The molecule has 12 heteroatoms. The van der Waals surface area contributed by atoms with Crippen molar-refractivity contribution in [2.75, 3.05) is 17.7 Å². The number of urea groups is 1. The Kier molecular flexibility index (Phi) is 7.08. The number of methoxy groups -OCH3 is 1. The van der Waals surface area contributed by atoms with Crippen molar-refractivity contribution in [1.82, 2.24) is 29.5 Å². The summed E-state index contributed by atoms with van der Waals surface area (Å²) in [6, 6.07) is 17.7. The molecule has 2 N–H and O–H groups in total. The summed E-state index contributed by atoms with van der Waals surface area (Å²) in [5.41, 5.74) is 4.97. The Labute approximate surface area is 238 Å². The first kappa shape index (κ1) is 25.7. The molecule has 4 heterocycles. The number of nitrogens with zero attached hydrogens (tertiary/aromatic N) is 6. The van der Waals surface area contributed by atoms with Gasteiger partial charge in [0.2, 0.25) is 5.88 Å². The highest BCUT2D eigenvalue weighted by molar-refractivity contribution is 6.31. The summed E-state index contributed by atoms with van der Waals surface area (Å²) in [6.45, 7) is 0. The van der Waals surface area contributed by atoms with Crippen LogP contribution in [0.25, 0.3) is 27.9 Å². The third kappa shape index (κ3) is 5.75. The Bertz CT molecular complexity index is 1830. The largest absolute Gasteiger partial charge is 0.481 e. The van der Waals surface area contributed by atoms with Crippen LogP contribution in [0, 0.1) is 0 Å². The summed E-state index contributed by atoms with van der Waals surface area (Å²) in [5, 5.41) is 10.4. The highest BCUT2D eigenvalue weighted by atomic mass is 35.5. The van der Waals surface area contributed by atoms with E-state index in [0.29, 0.717) is 33.7 Å². The van der Waals surface area contributed by atoms with Gasteiger partial charge in [0.1, 0.15) is 5.75 Å². The zero-order valence-electron chi connectivity index (χ0n) is 21.5. The van der Waals surface area contributed by atoms with Crippen LogP contribution in [-0.2, 0) is 0 Å². The topological polar surface area (TPSA) is 128 Å². The maximum Gasteiger partial charge on any atom is 0.323 e. The molecular formula is C29H21ClN8O3. The number of ether oxygens (including phenoxy) is 2. The predicted octanol–water partition coefficient (Wildman–Crippen LogP) is 6.35. The maximum atomic E-state index is 12.7. The highest BCUT2D eigenvalue weighted by Gasteiger charge is 2.12. The first-order valence-corrected chi connectivity index (χ1v) is 12.7. The fourth-order valence-electron chi connectivity index (χ4n) is 4.09. The van der Waals surface area contributed by atoms with Gasteiger partial charge in [0.25, 0.3) is 0 Å². The molecule has 0 aliphatic rings. The number of carbonyl (C=O) groups excluding carboxylic acids is 1. The summed E-state index contributed by atoms with van der Waals surface area (Å²) in [7, 11) is 1.57. The summed E-state index contributed by atoms with van der Waals surface area (Å²) in [4.78, 5) is 29.7. The standard InChI is InChI=1S/C29H21ClN8O3/c1-40-26-10-12-38-27(37-26)24(17-34-38)18-4-7-22(8-5-18)41-29-32-15-21(16-33-29)35-28(39)36-25-13-20(30)6-9-23(25)19-3-2-11-31-14-19/h2-17H,1H3,(H2,35,36,39). The average Bonchev–Trinajstić information content (AvgIpc) is 3.42. The van der Waals surface area contributed by atoms with Crippen molar-refractivity contribution in [3.8, 4) is 39.9 Å². The van der Waals surface area contributed by atoms with Gasteiger partial charge in [0.15, 0.2) is 5.65 Å². The lowest BCUT2D eigenvalue weighted by atomic mass is 10.1. The van der Waals surface area contributed by atoms with Gasteiger partial charge < -0.3 is 20.1 Å². The summed E-state index contributed by atoms with van der Waals surface area (Å²) < 4.78 is 12.7. The molecule has 2 aromatic carbocycles. The fraction of sp³-hybridized carbons (Fsp3) is 0.0345. The zero-order chi connectivity index (χ0) is 28.2. The van der Waals surface area contributed by atoms with E-state index in [1.54, 1.807) is 66.7 Å². The number of halogens is 1. The second-order valence-electron chi connectivity index (χ2n) is 8.69. The molecule has 202 valence electrons. The average molecular weight is 565 g/mol. The Balaban J connectivity index is 1.10. The molecule has 0 unspecified atom stereocenters. The van der Waals surface area contributed by atoms with Crippen LogP contribution in [0.1, 0.15) is 0 Å². The number of hydrogen-bond donors (Lipinski definition) is 2. The number of carbonyl (C=O) groups is 1. The first-order valence-electron chi connectivity index (χ1n) is 12.3. The van der Waals surface area contributed by atoms with Gasteiger partial charge >= 0.3 is 12.0 Å². The molecule has 0 atom stereocenters. The van der Waals surface area contributed by atoms with Crippen LogP contribution >= 0.6 is 11.6 Å². The van der Waals surface area contributed by atoms with E-state index < -0.39 is 6.03 Å². The first-order chi connectivity index (χ1) is 20.1. The highest BCUT2D eigenvalue weighted by Crippen LogP contribution is 2.31. The van der Waals surface area contributed by atoms with Crippen LogP contribution in [0.3, 0.4) is 0 Å². The van der Waals surface area contributed by atoms with Crippen LogP contribution in [0.5, 0.6) is 17.6 Å². The minimum atomic E-state index is -0.481. The van der Waals surface area contributed by atoms with E-state index in [1.165, 1.54) is 12.4 Å². The number of hydrogen-bond acceptors (Lipinski definition) is 8. The molecule has 6 rings (SSSR count). The molecule has 0 aliphatic heterocycles. The lowest BCUT2D eigenvalue weighted by molar-refractivity contribution is 0.262. The van der Waals surface area contributed by atoms with Gasteiger partial charge in [-0.2, -0.15) is 10.1 Å². The SMILES string of the molecule is COc1ccn2ncc(-c3ccc(Oc4ncc(NC(=O)Nc5cc(Cl)ccc5-c5cccnc5)cn4)cc3)c2n1. The summed E-state index contributed by atoms with van der Waals surface area (Å²) >= 11 is 6.17. The van der Waals surface area contributed by atoms with E-state index in [9.17, 15) is 4.79 Å². The monoisotopic (exact) mass is 564 g/mol. The van der Waals surface area contributed by atoms with E-state index in [1.807, 2.05) is 30.3 Å². The number of anilines is 2. The molecule has 4 aromatic heterocycles. The molecule has 0 bridgehead atoms. The molecule has 2 amide bonds. The fourth-order valence-corrected chi connectivity index (χ4v) is 4.26. The third-order valence-corrected chi connectivity index (χ3v) is 6.25. The van der Waals surface area contributed by atoms with E-state index >= 15 is 0 Å². The number of aromatic nitrogens is 6. The second kappa shape index (κ2) is 11.3. The van der Waals surface area contributed by atoms with Crippen LogP contribution < -0.4 is 20.1 Å². The molecule has 6 aromatic rings. The van der Waals surface area contributed by atoms with Crippen molar-refractivity contribution >= 4 is 34.7 Å². The van der Waals surface area contributed by atoms with Crippen molar-refractivity contribution < 1.29 is 14.3 Å². The number of amides is 2. The molecule has 0 radical (unpaired) electrons. The molecule has 0 aliphatic carbocycles. The molecule has 0 spiro atoms. The minimum absolute atomic E-state index is 0.125. The van der Waals surface area contributed by atoms with E-state index in [0.717, 1.165) is 22.3 Å². The Hall–Kier alpha value is -5.55. The Morgan fingerprint density at radius 3 is 2.49 bits per heavy atom. The summed E-state index contributed by atoms with van der Waals surface area (Å²) in [6.07, 6.45) is 9.83. The molecule has 0 fully saturated rings. The van der Waals surface area contributed by atoms with Crippen molar-refractivity contribution in [3.63, 3.8) is 0 Å². The van der Waals surface area contributed by atoms with E-state index in [4.69, 9.17) is 21.1 Å². The minimum Gasteiger partial charge on any atom is -0.481 e. The lowest BCUT2D eigenvalue weighted by Crippen LogP contribution is -2.20. The van der Waals surface area contributed by atoms with Crippen LogP contribution in [0.15, 0.2) is 97.8 Å². The smallest absolute Gasteiger partial charge is 0.323 e. The van der Waals surface area contributed by atoms with E-state index in [2.05, 4.69) is 35.7 Å². The van der Waals surface area contributed by atoms with E-state index in [-0.39, 0.29) is 6.01 Å². The molecule has 0 saturated carbocycles. The Morgan fingerprint density at radius 2 is 1.73 bits per heavy atom. The van der Waals surface area contributed by atoms with Gasteiger partial charge in [-0.1, -0.05) is 35.9 Å². The number of nitrogens with one attached hydrogen (secondary N) is 2. The van der Waals surface area contributed by atoms with Gasteiger partial charge in [-0.25, -0.2) is 19.3 Å². The van der Waals surface area contributed by atoms with Crippen LogP contribution in [0.2, 0.25) is 5.02 Å². The van der Waals surface area contributed by atoms with Crippen molar-refractivity contribution in [3.05, 3.63) is 103 Å². The zero-order valence-corrected chi connectivity index (χ0v) is 22.3. The van der Waals surface area contributed by atoms with Gasteiger partial charge in [0.05, 0.1) is 37.1 Å². The normalized spacial score (nSPS) is 10.8. The van der Waals surface area contributed by atoms with Crippen molar-refractivity contribution in [1.29, 1.82) is 0 Å². The summed E-state index contributed by atoms with van der Waals surface area (Å²) in [5.74, 6) is 1.05. The van der Waals surface area contributed by atoms with Gasteiger partial charge in [-0.3, -0.25) is 4.98 Å². The number of fused-ring (bicyclic) bond motifs is 1. The van der Waals surface area contributed by atoms with Crippen LogP contribution in [0.4, 0.5) is 16.2 Å². The molecule has 0 saturated heterocycles. The maximum absolute atomic E-state index is 12.7. The Morgan fingerprint density at radius 1 is 0.902 bits per heavy atom. The lowest BCUT2D eigenvalue weighted by Gasteiger charge is -2.12. The second-order valence-corrected chi connectivity index (χ2v) is 9.12. The number of benzene rings is 2. The predicted molar refractivity (Wildman–Crippen MR) is 154 cm³/mol. The molecular weight excluding hydrogens is 544 g/mol. The van der Waals surface area contributed by atoms with Gasteiger partial charge in [0, 0.05) is 46.4 Å². The quantitative estimate of drug-likeness (QED) is 0.230. The van der Waals surface area contributed by atoms with Crippen LogP contribution in [-0.4, -0.2) is 42.7 Å².